The summed E-state index contributed by atoms with van der Waals surface area (Å²) in [5.41, 5.74) is 2.99. The lowest BCUT2D eigenvalue weighted by molar-refractivity contribution is 0.875. The molecule has 0 fully saturated rings. The third kappa shape index (κ3) is 4.40. The molecule has 0 aliphatic carbocycles. The van der Waals surface area contributed by atoms with E-state index in [0.717, 1.165) is 0 Å². The number of fused-ring (bicyclic) bond motifs is 11. The van der Waals surface area contributed by atoms with Crippen LogP contribution in [0.2, 0.25) is 39.3 Å². The van der Waals surface area contributed by atoms with Crippen molar-refractivity contribution in [2.75, 3.05) is 0 Å². The molecule has 14 rings (SSSR count). The van der Waals surface area contributed by atoms with Gasteiger partial charge in [0.15, 0.2) is 0 Å². The fraction of sp³-hybridized carbons (Fsp3) is 0.194. The van der Waals surface area contributed by atoms with Crippen LogP contribution >= 0.6 is 0 Å². The highest BCUT2D eigenvalue weighted by molar-refractivity contribution is 6.91. The molecule has 0 aromatic heterocycles. The van der Waals surface area contributed by atoms with Crippen molar-refractivity contribution in [2.24, 2.45) is 0 Å². The standard InChI is InChI=1S/C62H52Si2/c1-31(2)53-49-29-47-41-19-17-37-33-13-11-15-43-51(63(5,6)7)27-25-35(55(33)43)39-18-20-42(59(41)57(37)39)48(47)30-50(49)54(32(3)4)62-46-24-22-40-36-26-28-52(64(8,9)10)44-16-12-14-34(56(36)44)38-21-23-45(61(53)62)60(46)58(38)40/h11-32H,1-10H3. The second-order valence-corrected chi connectivity index (χ2v) is 32.3. The highest BCUT2D eigenvalue weighted by atomic mass is 28.3. The fourth-order valence-electron chi connectivity index (χ4n) is 13.6. The summed E-state index contributed by atoms with van der Waals surface area (Å²) in [5, 5.41) is 39.9. The zero-order chi connectivity index (χ0) is 43.6. The molecule has 64 heavy (non-hydrogen) atoms. The van der Waals surface area contributed by atoms with Gasteiger partial charge in [0.05, 0.1) is 16.1 Å². The molecule has 0 aliphatic heterocycles. The molecule has 0 nitrogen and oxygen atoms in total. The Balaban J connectivity index is 1.13. The minimum absolute atomic E-state index is 0.336. The second-order valence-electron chi connectivity index (χ2n) is 22.3. The molecule has 0 saturated heterocycles. The summed E-state index contributed by atoms with van der Waals surface area (Å²) in [6.45, 7) is 24.6. The molecule has 0 unspecified atom stereocenters. The van der Waals surface area contributed by atoms with E-state index in [1.54, 1.807) is 10.4 Å². The van der Waals surface area contributed by atoms with E-state index in [4.69, 9.17) is 0 Å². The highest BCUT2D eigenvalue weighted by Gasteiger charge is 2.29. The summed E-state index contributed by atoms with van der Waals surface area (Å²) in [6, 6.07) is 49.0. The van der Waals surface area contributed by atoms with Gasteiger partial charge in [-0.2, -0.15) is 0 Å². The van der Waals surface area contributed by atoms with Gasteiger partial charge in [-0.3, -0.25) is 0 Å². The molecular weight excluding hydrogens is 801 g/mol. The van der Waals surface area contributed by atoms with Crippen molar-refractivity contribution in [2.45, 2.75) is 78.8 Å². The second kappa shape index (κ2) is 12.0. The maximum atomic E-state index is 2.62. The van der Waals surface area contributed by atoms with Crippen molar-refractivity contribution in [3.05, 3.63) is 132 Å². The van der Waals surface area contributed by atoms with Crippen LogP contribution in [0.1, 0.15) is 50.7 Å². The molecule has 14 aromatic rings. The number of hydrogen-bond acceptors (Lipinski definition) is 0. The molecule has 14 aromatic carbocycles. The van der Waals surface area contributed by atoms with E-state index in [9.17, 15) is 0 Å². The van der Waals surface area contributed by atoms with E-state index in [2.05, 4.69) is 188 Å². The minimum atomic E-state index is -1.57. The summed E-state index contributed by atoms with van der Waals surface area (Å²) in [4.78, 5) is 0. The topological polar surface area (TPSA) is 0 Å². The molecule has 0 spiro atoms. The van der Waals surface area contributed by atoms with E-state index < -0.39 is 16.1 Å². The van der Waals surface area contributed by atoms with Crippen LogP contribution in [0.5, 0.6) is 0 Å². The van der Waals surface area contributed by atoms with Crippen molar-refractivity contribution >= 4 is 167 Å². The quantitative estimate of drug-likeness (QED) is 0.0940. The zero-order valence-corrected chi connectivity index (χ0v) is 40.7. The summed E-state index contributed by atoms with van der Waals surface area (Å²) in [5.74, 6) is 0.672. The lowest BCUT2D eigenvalue weighted by Crippen LogP contribution is -2.38. The predicted molar refractivity (Wildman–Crippen MR) is 293 cm³/mol. The van der Waals surface area contributed by atoms with Crippen molar-refractivity contribution in [3.8, 4) is 0 Å². The normalized spacial score (nSPS) is 13.8. The largest absolute Gasteiger partial charge is 0.0784 e. The van der Waals surface area contributed by atoms with E-state index >= 15 is 0 Å². The van der Waals surface area contributed by atoms with Gasteiger partial charge in [-0.15, -0.1) is 0 Å². The van der Waals surface area contributed by atoms with Gasteiger partial charge in [0.2, 0.25) is 0 Å². The van der Waals surface area contributed by atoms with E-state index in [-0.39, 0.29) is 0 Å². The number of hydrogen-bond donors (Lipinski definition) is 0. The SMILES string of the molecule is CC(C)c1c2cc3c(cc2c(C(C)C)c2c4ccc5c6ccc([Si](C)(C)C)c7cccc(c8ccc(c12)c4c85)c76)c1ccc2c4ccc([Si](C)(C)C)c5cccc(c6ccc3c1c62)c54. The van der Waals surface area contributed by atoms with Crippen LogP contribution in [0, 0.1) is 0 Å². The summed E-state index contributed by atoms with van der Waals surface area (Å²) < 4.78 is 0. The molecule has 0 bridgehead atoms. The number of benzene rings is 12. The Morgan fingerprint density at radius 2 is 0.516 bits per heavy atom. The van der Waals surface area contributed by atoms with Gasteiger partial charge in [-0.1, -0.05) is 187 Å². The van der Waals surface area contributed by atoms with Gasteiger partial charge in [0.25, 0.3) is 0 Å². The zero-order valence-electron chi connectivity index (χ0n) is 38.7. The Morgan fingerprint density at radius 3 is 0.859 bits per heavy atom. The predicted octanol–water partition coefficient (Wildman–Crippen LogP) is 17.8. The average Bonchev–Trinajstić information content (AvgIpc) is 3.76. The van der Waals surface area contributed by atoms with Gasteiger partial charge >= 0.3 is 0 Å². The molecule has 0 aliphatic rings. The molecule has 0 saturated carbocycles. The number of rotatable bonds is 4. The first-order valence-electron chi connectivity index (χ1n) is 23.7. The van der Waals surface area contributed by atoms with E-state index in [0.29, 0.717) is 11.8 Å². The van der Waals surface area contributed by atoms with Gasteiger partial charge in [0, 0.05) is 0 Å². The van der Waals surface area contributed by atoms with Crippen LogP contribution in [0.25, 0.3) is 140 Å². The first kappa shape index (κ1) is 37.3. The molecular formula is C62H52Si2. The first-order chi connectivity index (χ1) is 30.7. The van der Waals surface area contributed by atoms with Crippen LogP contribution in [-0.4, -0.2) is 16.1 Å². The molecule has 0 amide bonds. The van der Waals surface area contributed by atoms with Crippen molar-refractivity contribution in [1.29, 1.82) is 0 Å². The minimum Gasteiger partial charge on any atom is -0.0656 e. The van der Waals surface area contributed by atoms with Gasteiger partial charge in [0.1, 0.15) is 0 Å². The van der Waals surface area contributed by atoms with Crippen LogP contribution in [-0.2, 0) is 0 Å². The lowest BCUT2D eigenvalue weighted by atomic mass is 9.83. The average molecular weight is 853 g/mol. The molecule has 2 heteroatoms. The maximum absolute atomic E-state index is 2.62. The maximum Gasteiger partial charge on any atom is 0.0784 e. The van der Waals surface area contributed by atoms with Crippen LogP contribution < -0.4 is 10.4 Å². The third-order valence-electron chi connectivity index (χ3n) is 16.0. The summed E-state index contributed by atoms with van der Waals surface area (Å²) in [6.07, 6.45) is 0. The summed E-state index contributed by atoms with van der Waals surface area (Å²) in [7, 11) is -3.13. The molecule has 0 N–H and O–H groups in total. The highest BCUT2D eigenvalue weighted by Crippen LogP contribution is 2.54. The molecule has 0 radical (unpaired) electrons. The summed E-state index contributed by atoms with van der Waals surface area (Å²) >= 11 is 0. The van der Waals surface area contributed by atoms with Crippen LogP contribution in [0.3, 0.4) is 0 Å². The van der Waals surface area contributed by atoms with E-state index in [1.165, 1.54) is 151 Å². The Hall–Kier alpha value is -6.07. The van der Waals surface area contributed by atoms with Gasteiger partial charge in [-0.05, 0) is 175 Å². The monoisotopic (exact) mass is 852 g/mol. The van der Waals surface area contributed by atoms with Gasteiger partial charge < -0.3 is 0 Å². The lowest BCUT2D eigenvalue weighted by Gasteiger charge is -2.22. The fourth-order valence-corrected chi connectivity index (χ4v) is 16.8. The van der Waals surface area contributed by atoms with Crippen molar-refractivity contribution in [3.63, 3.8) is 0 Å². The van der Waals surface area contributed by atoms with Crippen LogP contribution in [0.4, 0.5) is 0 Å². The Morgan fingerprint density at radius 1 is 0.250 bits per heavy atom. The van der Waals surface area contributed by atoms with Crippen molar-refractivity contribution in [1.82, 2.24) is 0 Å². The molecule has 0 heterocycles. The Labute approximate surface area is 375 Å². The van der Waals surface area contributed by atoms with Crippen molar-refractivity contribution < 1.29 is 0 Å². The Kier molecular flexibility index (Phi) is 6.99. The smallest absolute Gasteiger partial charge is 0.0656 e. The van der Waals surface area contributed by atoms with Crippen LogP contribution in [0.15, 0.2) is 121 Å². The molecule has 0 atom stereocenters. The van der Waals surface area contributed by atoms with Gasteiger partial charge in [-0.25, -0.2) is 0 Å². The first-order valence-corrected chi connectivity index (χ1v) is 30.7. The Bertz CT molecular complexity index is 4180. The molecule has 308 valence electrons. The van der Waals surface area contributed by atoms with E-state index in [1.807, 2.05) is 0 Å². The third-order valence-corrected chi connectivity index (χ3v) is 20.1.